The van der Waals surface area contributed by atoms with Crippen molar-refractivity contribution in [2.24, 2.45) is 0 Å². The summed E-state index contributed by atoms with van der Waals surface area (Å²) in [6.07, 6.45) is 45.5. The number of rotatable bonds is 30. The lowest BCUT2D eigenvalue weighted by atomic mass is 10.0. The highest BCUT2D eigenvalue weighted by Gasteiger charge is 2.24. The third-order valence-corrected chi connectivity index (χ3v) is 8.82. The normalized spacial score (nSPS) is 15.3. The zero-order valence-corrected chi connectivity index (χ0v) is 26.8. The van der Waals surface area contributed by atoms with E-state index >= 15 is 0 Å². The van der Waals surface area contributed by atoms with Gasteiger partial charge in [0, 0.05) is 25.5 Å². The molecule has 0 aliphatic carbocycles. The second-order valence-electron chi connectivity index (χ2n) is 12.5. The SMILES string of the molecule is CCCCCCCCCCCCCCCCCN1C=CN(CCCCCCCC)C1CCCCCCCC. The molecule has 0 radical (unpaired) electrons. The third kappa shape index (κ3) is 20.3. The summed E-state index contributed by atoms with van der Waals surface area (Å²) in [5.74, 6) is 0. The van der Waals surface area contributed by atoms with E-state index in [2.05, 4.69) is 43.0 Å². The summed E-state index contributed by atoms with van der Waals surface area (Å²) < 4.78 is 0. The number of nitrogens with zero attached hydrogens (tertiary/aromatic N) is 2. The van der Waals surface area contributed by atoms with Gasteiger partial charge < -0.3 is 9.80 Å². The lowest BCUT2D eigenvalue weighted by Gasteiger charge is -2.33. The maximum absolute atomic E-state index is 2.70. The molecule has 1 rings (SSSR count). The van der Waals surface area contributed by atoms with Crippen molar-refractivity contribution in [3.63, 3.8) is 0 Å². The molecule has 2 heteroatoms. The molecule has 0 N–H and O–H groups in total. The van der Waals surface area contributed by atoms with Gasteiger partial charge in [-0.25, -0.2) is 0 Å². The molecular weight excluding hydrogens is 460 g/mol. The van der Waals surface area contributed by atoms with Gasteiger partial charge in [0.05, 0.1) is 0 Å². The van der Waals surface area contributed by atoms with Gasteiger partial charge in [0.25, 0.3) is 0 Å². The van der Waals surface area contributed by atoms with Gasteiger partial charge in [0.1, 0.15) is 6.17 Å². The Labute approximate surface area is 241 Å². The first-order chi connectivity index (χ1) is 18.8. The summed E-state index contributed by atoms with van der Waals surface area (Å²) in [5.41, 5.74) is 0. The lowest BCUT2D eigenvalue weighted by Crippen LogP contribution is -2.39. The van der Waals surface area contributed by atoms with Crippen LogP contribution in [0.5, 0.6) is 0 Å². The van der Waals surface area contributed by atoms with Crippen molar-refractivity contribution in [3.8, 4) is 0 Å². The van der Waals surface area contributed by atoms with Crippen LogP contribution in [0.2, 0.25) is 0 Å². The van der Waals surface area contributed by atoms with Crippen molar-refractivity contribution in [3.05, 3.63) is 12.4 Å². The van der Waals surface area contributed by atoms with Crippen molar-refractivity contribution in [2.45, 2.75) is 207 Å². The molecule has 226 valence electrons. The molecule has 1 unspecified atom stereocenters. The van der Waals surface area contributed by atoms with Crippen LogP contribution in [0.15, 0.2) is 12.4 Å². The molecule has 0 aromatic carbocycles. The van der Waals surface area contributed by atoms with Crippen LogP contribution in [0.4, 0.5) is 0 Å². The molecule has 1 heterocycles. The topological polar surface area (TPSA) is 6.48 Å². The maximum Gasteiger partial charge on any atom is 0.101 e. The van der Waals surface area contributed by atoms with Crippen LogP contribution in [0, 0.1) is 0 Å². The van der Waals surface area contributed by atoms with Crippen molar-refractivity contribution < 1.29 is 0 Å². The van der Waals surface area contributed by atoms with Crippen molar-refractivity contribution in [1.29, 1.82) is 0 Å². The maximum atomic E-state index is 2.70. The summed E-state index contributed by atoms with van der Waals surface area (Å²) in [4.78, 5) is 5.39. The molecule has 2 nitrogen and oxygen atoms in total. The largest absolute Gasteiger partial charge is 0.356 e. The molecule has 0 saturated heterocycles. The number of unbranched alkanes of at least 4 members (excludes halogenated alkanes) is 24. The smallest absolute Gasteiger partial charge is 0.101 e. The van der Waals surface area contributed by atoms with Crippen LogP contribution in [-0.4, -0.2) is 29.1 Å². The second-order valence-corrected chi connectivity index (χ2v) is 12.5. The van der Waals surface area contributed by atoms with Gasteiger partial charge in [-0.3, -0.25) is 0 Å². The molecule has 1 aliphatic heterocycles. The van der Waals surface area contributed by atoms with E-state index in [1.165, 1.54) is 193 Å². The Kier molecular flexibility index (Phi) is 26.0. The summed E-state index contributed by atoms with van der Waals surface area (Å²) in [7, 11) is 0. The van der Waals surface area contributed by atoms with Crippen molar-refractivity contribution >= 4 is 0 Å². The Bertz CT molecular complexity index is 488. The van der Waals surface area contributed by atoms with E-state index in [9.17, 15) is 0 Å². The summed E-state index contributed by atoms with van der Waals surface area (Å²) in [5, 5.41) is 0. The van der Waals surface area contributed by atoms with Gasteiger partial charge in [0.15, 0.2) is 0 Å². The van der Waals surface area contributed by atoms with Crippen LogP contribution in [-0.2, 0) is 0 Å². The molecule has 38 heavy (non-hydrogen) atoms. The minimum absolute atomic E-state index is 0.642. The van der Waals surface area contributed by atoms with E-state index in [0.29, 0.717) is 6.17 Å². The standard InChI is InChI=1S/C36H72N2/c1-4-7-10-13-16-17-18-19-20-21-22-23-24-27-30-33-38-35-34-37(32-29-26-15-12-9-6-3)36(38)31-28-25-14-11-8-5-2/h34-36H,4-33H2,1-3H3. The Hall–Kier alpha value is -0.660. The van der Waals surface area contributed by atoms with E-state index < -0.39 is 0 Å². The first-order valence-electron chi connectivity index (χ1n) is 18.0. The predicted molar refractivity (Wildman–Crippen MR) is 173 cm³/mol. The molecule has 0 fully saturated rings. The number of hydrogen-bond donors (Lipinski definition) is 0. The first kappa shape index (κ1) is 35.4. The minimum atomic E-state index is 0.642. The fourth-order valence-corrected chi connectivity index (χ4v) is 6.19. The van der Waals surface area contributed by atoms with Gasteiger partial charge in [-0.15, -0.1) is 0 Å². The van der Waals surface area contributed by atoms with Gasteiger partial charge in [-0.05, 0) is 25.7 Å². The van der Waals surface area contributed by atoms with Crippen LogP contribution >= 0.6 is 0 Å². The Balaban J connectivity index is 2.12. The Morgan fingerprint density at radius 2 is 0.605 bits per heavy atom. The highest BCUT2D eigenvalue weighted by Crippen LogP contribution is 2.24. The van der Waals surface area contributed by atoms with Crippen molar-refractivity contribution in [1.82, 2.24) is 9.80 Å². The molecule has 1 atom stereocenters. The minimum Gasteiger partial charge on any atom is -0.356 e. The Morgan fingerprint density at radius 1 is 0.342 bits per heavy atom. The highest BCUT2D eigenvalue weighted by molar-refractivity contribution is 4.97. The van der Waals surface area contributed by atoms with E-state index in [-0.39, 0.29) is 0 Å². The summed E-state index contributed by atoms with van der Waals surface area (Å²) >= 11 is 0. The van der Waals surface area contributed by atoms with E-state index in [1.54, 1.807) is 0 Å². The second kappa shape index (κ2) is 27.9. The molecular formula is C36H72N2. The summed E-state index contributed by atoms with van der Waals surface area (Å²) in [6.45, 7) is 9.47. The average molecular weight is 533 g/mol. The third-order valence-electron chi connectivity index (χ3n) is 8.82. The van der Waals surface area contributed by atoms with Gasteiger partial charge in [-0.2, -0.15) is 0 Å². The lowest BCUT2D eigenvalue weighted by molar-refractivity contribution is 0.135. The van der Waals surface area contributed by atoms with Crippen molar-refractivity contribution in [2.75, 3.05) is 13.1 Å². The molecule has 0 bridgehead atoms. The van der Waals surface area contributed by atoms with Crippen LogP contribution in [0.25, 0.3) is 0 Å². The molecule has 1 aliphatic rings. The van der Waals surface area contributed by atoms with Crippen LogP contribution < -0.4 is 0 Å². The fourth-order valence-electron chi connectivity index (χ4n) is 6.19. The average Bonchev–Trinajstić information content (AvgIpc) is 3.31. The zero-order chi connectivity index (χ0) is 27.4. The Morgan fingerprint density at radius 3 is 0.921 bits per heavy atom. The van der Waals surface area contributed by atoms with Crippen LogP contribution in [0.1, 0.15) is 201 Å². The molecule has 0 aromatic heterocycles. The van der Waals surface area contributed by atoms with Gasteiger partial charge in [0.2, 0.25) is 0 Å². The molecule has 0 amide bonds. The fraction of sp³-hybridized carbons (Fsp3) is 0.944. The van der Waals surface area contributed by atoms with Crippen LogP contribution in [0.3, 0.4) is 0 Å². The first-order valence-corrected chi connectivity index (χ1v) is 18.0. The predicted octanol–water partition coefficient (Wildman–Crippen LogP) is 12.4. The van der Waals surface area contributed by atoms with E-state index in [0.717, 1.165) is 0 Å². The van der Waals surface area contributed by atoms with Gasteiger partial charge >= 0.3 is 0 Å². The van der Waals surface area contributed by atoms with E-state index in [1.807, 2.05) is 0 Å². The number of hydrogen-bond acceptors (Lipinski definition) is 2. The van der Waals surface area contributed by atoms with Gasteiger partial charge in [-0.1, -0.05) is 175 Å². The molecule has 0 spiro atoms. The zero-order valence-electron chi connectivity index (χ0n) is 26.8. The molecule has 0 saturated carbocycles. The monoisotopic (exact) mass is 533 g/mol. The quantitative estimate of drug-likeness (QED) is 0.0848. The van der Waals surface area contributed by atoms with E-state index in [4.69, 9.17) is 0 Å². The molecule has 0 aromatic rings. The highest BCUT2D eigenvalue weighted by atomic mass is 15.4. The summed E-state index contributed by atoms with van der Waals surface area (Å²) in [6, 6.07) is 0.